The molecule has 0 aromatic carbocycles. The van der Waals surface area contributed by atoms with Crippen molar-refractivity contribution in [2.45, 2.75) is 13.8 Å². The standard InChI is InChI=1S/C6H11N5.ClH/c1-3-10-8-6(5-7)9-11(10)4-2;/h3-4H2,1-2H3,(H,8,9);1H. The van der Waals surface area contributed by atoms with Gasteiger partial charge in [0.2, 0.25) is 0 Å². The molecule has 0 saturated heterocycles. The van der Waals surface area contributed by atoms with Crippen LogP contribution in [0.3, 0.4) is 0 Å². The van der Waals surface area contributed by atoms with E-state index in [9.17, 15) is 0 Å². The van der Waals surface area contributed by atoms with Crippen LogP contribution in [0.15, 0.2) is 5.10 Å². The molecule has 0 aromatic heterocycles. The first-order valence-electron chi connectivity index (χ1n) is 3.69. The quantitative estimate of drug-likeness (QED) is 0.449. The second-order valence-electron chi connectivity index (χ2n) is 2.17. The van der Waals surface area contributed by atoms with E-state index in [1.807, 2.05) is 25.0 Å². The van der Waals surface area contributed by atoms with Gasteiger partial charge in [-0.3, -0.25) is 0 Å². The molecule has 0 fully saturated rings. The third-order valence-electron chi connectivity index (χ3n) is 1.51. The number of halogens is 1. The van der Waals surface area contributed by atoms with E-state index in [1.54, 1.807) is 10.5 Å². The van der Waals surface area contributed by atoms with Gasteiger partial charge in [-0.2, -0.15) is 15.8 Å². The predicted octanol–water partition coefficient (Wildman–Crippen LogP) is -4.12. The van der Waals surface area contributed by atoms with Crippen molar-refractivity contribution in [1.82, 2.24) is 10.2 Å². The largest absolute Gasteiger partial charge is 1.00 e. The highest BCUT2D eigenvalue weighted by atomic mass is 35.5. The molecule has 6 heteroatoms. The molecule has 68 valence electrons. The van der Waals surface area contributed by atoms with Gasteiger partial charge in [-0.25, -0.2) is 0 Å². The van der Waals surface area contributed by atoms with E-state index in [0.717, 1.165) is 13.1 Å². The molecule has 1 aliphatic heterocycles. The Labute approximate surface area is 78.0 Å². The van der Waals surface area contributed by atoms with Crippen LogP contribution in [0.25, 0.3) is 0 Å². The third-order valence-corrected chi connectivity index (χ3v) is 1.51. The lowest BCUT2D eigenvalue weighted by atomic mass is 10.7. The van der Waals surface area contributed by atoms with Crippen LogP contribution in [-0.4, -0.2) is 29.2 Å². The van der Waals surface area contributed by atoms with Gasteiger partial charge in [-0.05, 0) is 19.0 Å². The highest BCUT2D eigenvalue weighted by molar-refractivity contribution is 5.88. The number of nitrogens with zero attached hydrogens (tertiary/aromatic N) is 4. The lowest BCUT2D eigenvalue weighted by molar-refractivity contribution is -0.736. The summed E-state index contributed by atoms with van der Waals surface area (Å²) in [6.45, 7) is 5.67. The van der Waals surface area contributed by atoms with Gasteiger partial charge >= 0.3 is 5.84 Å². The van der Waals surface area contributed by atoms with Crippen molar-refractivity contribution in [2.75, 3.05) is 13.1 Å². The van der Waals surface area contributed by atoms with Crippen LogP contribution in [0.5, 0.6) is 0 Å². The van der Waals surface area contributed by atoms with Crippen LogP contribution in [0.4, 0.5) is 0 Å². The van der Waals surface area contributed by atoms with Crippen LogP contribution in [0.1, 0.15) is 13.8 Å². The summed E-state index contributed by atoms with van der Waals surface area (Å²) in [7, 11) is 0. The van der Waals surface area contributed by atoms with Gasteiger partial charge in [-0.1, -0.05) is 5.10 Å². The minimum absolute atomic E-state index is 0. The zero-order valence-electron chi connectivity index (χ0n) is 7.16. The average molecular weight is 190 g/mol. The minimum atomic E-state index is 0. The smallest absolute Gasteiger partial charge is 0.343 e. The molecule has 0 radical (unpaired) electrons. The fourth-order valence-electron chi connectivity index (χ4n) is 0.974. The van der Waals surface area contributed by atoms with Crippen molar-refractivity contribution in [3.05, 3.63) is 0 Å². The second kappa shape index (κ2) is 4.93. The van der Waals surface area contributed by atoms with Crippen molar-refractivity contribution < 1.29 is 17.8 Å². The summed E-state index contributed by atoms with van der Waals surface area (Å²) in [6, 6.07) is 2.00. The van der Waals surface area contributed by atoms with Crippen LogP contribution in [-0.2, 0) is 0 Å². The minimum Gasteiger partial charge on any atom is -1.00 e. The predicted molar refractivity (Wildman–Crippen MR) is 39.7 cm³/mol. The lowest BCUT2D eigenvalue weighted by Gasteiger charge is -2.17. The molecule has 0 aliphatic carbocycles. The fraction of sp³-hybridized carbons (Fsp3) is 0.667. The van der Waals surface area contributed by atoms with Crippen molar-refractivity contribution >= 4 is 5.84 Å². The summed E-state index contributed by atoms with van der Waals surface area (Å²) in [5, 5.41) is 16.3. The SMILES string of the molecule is CCN1N=C(C#N)[NH2+]N1CC.[Cl-]. The molecule has 2 N–H and O–H groups in total. The summed E-state index contributed by atoms with van der Waals surface area (Å²) < 4.78 is 0. The molecule has 0 aromatic rings. The maximum absolute atomic E-state index is 8.53. The van der Waals surface area contributed by atoms with Gasteiger partial charge < -0.3 is 12.4 Å². The molecule has 12 heavy (non-hydrogen) atoms. The first kappa shape index (κ1) is 11.2. The number of hydrogen-bond acceptors (Lipinski definition) is 4. The number of quaternary nitrogens is 1. The van der Waals surface area contributed by atoms with Gasteiger partial charge in [-0.15, -0.1) is 0 Å². The normalized spacial score (nSPS) is 16.8. The number of hydrogen-bond donors (Lipinski definition) is 1. The Hall–Kier alpha value is -0.830. The topological polar surface area (TPSA) is 59.2 Å². The number of nitrogens with two attached hydrogens (primary N) is 1. The summed E-state index contributed by atoms with van der Waals surface area (Å²) in [4.78, 5) is 0. The van der Waals surface area contributed by atoms with E-state index in [4.69, 9.17) is 5.26 Å². The van der Waals surface area contributed by atoms with Crippen molar-refractivity contribution in [3.8, 4) is 6.07 Å². The summed E-state index contributed by atoms with van der Waals surface area (Å²) >= 11 is 0. The number of rotatable bonds is 2. The van der Waals surface area contributed by atoms with Crippen molar-refractivity contribution in [3.63, 3.8) is 0 Å². The molecule has 0 bridgehead atoms. The first-order valence-corrected chi connectivity index (χ1v) is 3.69. The molecule has 0 unspecified atom stereocenters. The van der Waals surface area contributed by atoms with Gasteiger partial charge in [0, 0.05) is 0 Å². The van der Waals surface area contributed by atoms with Crippen molar-refractivity contribution in [2.24, 2.45) is 5.10 Å². The molecule has 5 nitrogen and oxygen atoms in total. The molecular formula is C6H12ClN5. The second-order valence-corrected chi connectivity index (χ2v) is 2.17. The third kappa shape index (κ3) is 2.08. The molecule has 0 amide bonds. The van der Waals surface area contributed by atoms with Crippen LogP contribution >= 0.6 is 0 Å². The van der Waals surface area contributed by atoms with Crippen LogP contribution < -0.4 is 17.8 Å². The average Bonchev–Trinajstić information content (AvgIpc) is 2.46. The maximum atomic E-state index is 8.53. The number of hydrazone groups is 1. The number of amidine groups is 1. The summed E-state index contributed by atoms with van der Waals surface area (Å²) in [5.74, 6) is 0.480. The lowest BCUT2D eigenvalue weighted by Crippen LogP contribution is -3.00. The zero-order chi connectivity index (χ0) is 8.27. The van der Waals surface area contributed by atoms with E-state index in [1.165, 1.54) is 0 Å². The van der Waals surface area contributed by atoms with E-state index in [-0.39, 0.29) is 12.4 Å². The van der Waals surface area contributed by atoms with E-state index in [0.29, 0.717) is 5.84 Å². The molecule has 1 aliphatic rings. The molecule has 0 saturated carbocycles. The maximum Gasteiger partial charge on any atom is 0.343 e. The molecule has 1 rings (SSSR count). The van der Waals surface area contributed by atoms with Crippen molar-refractivity contribution in [1.29, 1.82) is 5.26 Å². The summed E-state index contributed by atoms with van der Waals surface area (Å²) in [6.07, 6.45) is 0. The Balaban J connectivity index is 0.00000121. The molecule has 1 heterocycles. The van der Waals surface area contributed by atoms with Crippen LogP contribution in [0, 0.1) is 11.3 Å². The Kier molecular flexibility index (Phi) is 4.59. The Morgan fingerprint density at radius 1 is 1.50 bits per heavy atom. The Morgan fingerprint density at radius 3 is 2.50 bits per heavy atom. The van der Waals surface area contributed by atoms with E-state index in [2.05, 4.69) is 5.10 Å². The Bertz CT molecular complexity index is 208. The molecular weight excluding hydrogens is 178 g/mol. The first-order chi connectivity index (χ1) is 5.31. The summed E-state index contributed by atoms with van der Waals surface area (Å²) in [5.41, 5.74) is 1.75. The highest BCUT2D eigenvalue weighted by Gasteiger charge is 2.24. The van der Waals surface area contributed by atoms with Crippen LogP contribution in [0.2, 0.25) is 0 Å². The van der Waals surface area contributed by atoms with E-state index < -0.39 is 0 Å². The van der Waals surface area contributed by atoms with E-state index >= 15 is 0 Å². The fourth-order valence-corrected chi connectivity index (χ4v) is 0.974. The highest BCUT2D eigenvalue weighted by Crippen LogP contribution is 1.95. The zero-order valence-corrected chi connectivity index (χ0v) is 7.91. The number of nitriles is 1. The van der Waals surface area contributed by atoms with Gasteiger partial charge in [0.1, 0.15) is 0 Å². The van der Waals surface area contributed by atoms with Gasteiger partial charge in [0.05, 0.1) is 13.1 Å². The Morgan fingerprint density at radius 2 is 2.17 bits per heavy atom. The molecule has 0 atom stereocenters. The van der Waals surface area contributed by atoms with Gasteiger partial charge in [0.25, 0.3) is 0 Å². The monoisotopic (exact) mass is 189 g/mol. The molecule has 0 spiro atoms. The number of hydrazine groups is 1. The van der Waals surface area contributed by atoms with Gasteiger partial charge in [0.15, 0.2) is 6.07 Å².